The van der Waals surface area contributed by atoms with Gasteiger partial charge in [0.05, 0.1) is 23.2 Å². The molecule has 0 radical (unpaired) electrons. The molecule has 0 amide bonds. The Hall–Kier alpha value is -2.43. The first-order chi connectivity index (χ1) is 8.66. The minimum Gasteiger partial charge on any atom is -0.478 e. The number of nitrogens with two attached hydrogens (primary N) is 1. The van der Waals surface area contributed by atoms with Crippen molar-refractivity contribution in [3.63, 3.8) is 0 Å². The van der Waals surface area contributed by atoms with Crippen LogP contribution in [0.25, 0.3) is 0 Å². The number of nitrogen functional groups attached to an aromatic ring is 1. The van der Waals surface area contributed by atoms with Crippen molar-refractivity contribution >= 4 is 17.3 Å². The van der Waals surface area contributed by atoms with Crippen LogP contribution in [0.1, 0.15) is 16.1 Å². The Morgan fingerprint density at radius 2 is 2.22 bits per heavy atom. The number of rotatable bonds is 5. The summed E-state index contributed by atoms with van der Waals surface area (Å²) in [7, 11) is 0. The molecule has 0 fully saturated rings. The van der Waals surface area contributed by atoms with E-state index in [1.165, 1.54) is 12.1 Å². The molecule has 1 heterocycles. The zero-order chi connectivity index (χ0) is 13.0. The van der Waals surface area contributed by atoms with Crippen molar-refractivity contribution < 1.29 is 14.3 Å². The molecule has 5 heteroatoms. The van der Waals surface area contributed by atoms with Gasteiger partial charge in [-0.15, -0.1) is 0 Å². The molecule has 2 rings (SSSR count). The third-order valence-corrected chi connectivity index (χ3v) is 2.57. The summed E-state index contributed by atoms with van der Waals surface area (Å²) in [5.74, 6) is -0.0976. The van der Waals surface area contributed by atoms with Gasteiger partial charge in [-0.1, -0.05) is 0 Å². The Balaban J connectivity index is 2.00. The second-order valence-corrected chi connectivity index (χ2v) is 3.86. The van der Waals surface area contributed by atoms with Gasteiger partial charge < -0.3 is 20.6 Å². The van der Waals surface area contributed by atoms with Crippen molar-refractivity contribution in [2.75, 3.05) is 17.6 Å². The quantitative estimate of drug-likeness (QED) is 0.704. The molecule has 2 aromatic rings. The number of furan rings is 1. The van der Waals surface area contributed by atoms with Crippen LogP contribution in [0.15, 0.2) is 41.0 Å². The van der Waals surface area contributed by atoms with E-state index in [2.05, 4.69) is 5.32 Å². The summed E-state index contributed by atoms with van der Waals surface area (Å²) >= 11 is 0. The van der Waals surface area contributed by atoms with Crippen LogP contribution >= 0.6 is 0 Å². The molecular formula is C13H14N2O3. The lowest BCUT2D eigenvalue weighted by molar-refractivity contribution is 0.0697. The number of nitrogens with one attached hydrogen (secondary N) is 1. The van der Waals surface area contributed by atoms with Crippen LogP contribution in [-0.2, 0) is 6.42 Å². The molecule has 0 atom stereocenters. The second-order valence-electron chi connectivity index (χ2n) is 3.86. The summed E-state index contributed by atoms with van der Waals surface area (Å²) in [6.45, 7) is 0.626. The molecule has 0 bridgehead atoms. The topological polar surface area (TPSA) is 88.5 Å². The van der Waals surface area contributed by atoms with Crippen molar-refractivity contribution in [1.29, 1.82) is 0 Å². The van der Waals surface area contributed by atoms with Gasteiger partial charge in [0.2, 0.25) is 0 Å². The van der Waals surface area contributed by atoms with Crippen molar-refractivity contribution in [2.45, 2.75) is 6.42 Å². The van der Waals surface area contributed by atoms with Gasteiger partial charge in [0.15, 0.2) is 0 Å². The minimum atomic E-state index is -0.968. The maximum absolute atomic E-state index is 10.8. The summed E-state index contributed by atoms with van der Waals surface area (Å²) in [5, 5.41) is 12.0. The highest BCUT2D eigenvalue weighted by molar-refractivity contribution is 5.90. The number of benzene rings is 1. The number of carbonyl (C=O) groups is 1. The molecule has 0 saturated carbocycles. The van der Waals surface area contributed by atoms with E-state index in [-0.39, 0.29) is 5.56 Å². The zero-order valence-corrected chi connectivity index (χ0v) is 9.72. The summed E-state index contributed by atoms with van der Waals surface area (Å²) < 4.78 is 5.20. The zero-order valence-electron chi connectivity index (χ0n) is 9.72. The standard InChI is InChI=1S/C13H14N2O3/c14-11-4-3-9(13(16)17)8-12(11)15-6-5-10-2-1-7-18-10/h1-4,7-8,15H,5-6,14H2,(H,16,17). The van der Waals surface area contributed by atoms with Gasteiger partial charge in [0.25, 0.3) is 0 Å². The van der Waals surface area contributed by atoms with E-state index in [1.807, 2.05) is 12.1 Å². The molecule has 0 aliphatic heterocycles. The highest BCUT2D eigenvalue weighted by Crippen LogP contribution is 2.20. The molecule has 0 saturated heterocycles. The SMILES string of the molecule is Nc1ccc(C(=O)O)cc1NCCc1ccco1. The molecule has 18 heavy (non-hydrogen) atoms. The van der Waals surface area contributed by atoms with Gasteiger partial charge in [-0.25, -0.2) is 4.79 Å². The van der Waals surface area contributed by atoms with Gasteiger partial charge in [0.1, 0.15) is 5.76 Å². The van der Waals surface area contributed by atoms with Crippen LogP contribution in [0.5, 0.6) is 0 Å². The number of aromatic carboxylic acids is 1. The summed E-state index contributed by atoms with van der Waals surface area (Å²) in [5.41, 5.74) is 7.14. The van der Waals surface area contributed by atoms with Gasteiger partial charge in [-0.3, -0.25) is 0 Å². The average molecular weight is 246 g/mol. The summed E-state index contributed by atoms with van der Waals surface area (Å²) in [4.78, 5) is 10.8. The lowest BCUT2D eigenvalue weighted by atomic mass is 10.1. The van der Waals surface area contributed by atoms with Crippen LogP contribution in [-0.4, -0.2) is 17.6 Å². The smallest absolute Gasteiger partial charge is 0.335 e. The van der Waals surface area contributed by atoms with Gasteiger partial charge in [-0.2, -0.15) is 0 Å². The molecule has 0 aliphatic carbocycles. The Morgan fingerprint density at radius 1 is 1.39 bits per heavy atom. The maximum Gasteiger partial charge on any atom is 0.335 e. The molecule has 0 unspecified atom stereocenters. The number of hydrogen-bond donors (Lipinski definition) is 3. The van der Waals surface area contributed by atoms with E-state index in [1.54, 1.807) is 12.3 Å². The van der Waals surface area contributed by atoms with Crippen LogP contribution in [0.4, 0.5) is 11.4 Å². The largest absolute Gasteiger partial charge is 0.478 e. The lowest BCUT2D eigenvalue weighted by Crippen LogP contribution is -2.08. The predicted octanol–water partition coefficient (Wildman–Crippen LogP) is 2.21. The normalized spacial score (nSPS) is 10.2. The van der Waals surface area contributed by atoms with Gasteiger partial charge in [-0.05, 0) is 30.3 Å². The van der Waals surface area contributed by atoms with E-state index >= 15 is 0 Å². The van der Waals surface area contributed by atoms with Crippen LogP contribution in [0, 0.1) is 0 Å². The molecule has 1 aromatic heterocycles. The predicted molar refractivity (Wildman–Crippen MR) is 68.7 cm³/mol. The maximum atomic E-state index is 10.8. The van der Waals surface area contributed by atoms with Crippen LogP contribution in [0.2, 0.25) is 0 Å². The van der Waals surface area contributed by atoms with Crippen molar-refractivity contribution in [3.05, 3.63) is 47.9 Å². The Kier molecular flexibility index (Phi) is 3.52. The fourth-order valence-corrected chi connectivity index (χ4v) is 1.62. The van der Waals surface area contributed by atoms with Gasteiger partial charge in [0, 0.05) is 13.0 Å². The van der Waals surface area contributed by atoms with Crippen LogP contribution in [0.3, 0.4) is 0 Å². The molecule has 5 nitrogen and oxygen atoms in total. The molecular weight excluding hydrogens is 232 g/mol. The fourth-order valence-electron chi connectivity index (χ4n) is 1.62. The number of hydrogen-bond acceptors (Lipinski definition) is 4. The number of carboxylic acids is 1. The molecule has 0 spiro atoms. The fraction of sp³-hybridized carbons (Fsp3) is 0.154. The average Bonchev–Trinajstić information content (AvgIpc) is 2.84. The number of carboxylic acid groups (broad SMARTS) is 1. The van der Waals surface area contributed by atoms with E-state index in [0.717, 1.165) is 5.76 Å². The third kappa shape index (κ3) is 2.82. The Bertz CT molecular complexity index is 535. The van der Waals surface area contributed by atoms with E-state index in [9.17, 15) is 4.79 Å². The summed E-state index contributed by atoms with van der Waals surface area (Å²) in [6, 6.07) is 8.31. The monoisotopic (exact) mass is 246 g/mol. The molecule has 4 N–H and O–H groups in total. The first kappa shape index (κ1) is 12.0. The first-order valence-electron chi connectivity index (χ1n) is 5.56. The second kappa shape index (κ2) is 5.27. The van der Waals surface area contributed by atoms with E-state index in [4.69, 9.17) is 15.3 Å². The van der Waals surface area contributed by atoms with Crippen molar-refractivity contribution in [3.8, 4) is 0 Å². The third-order valence-electron chi connectivity index (χ3n) is 2.57. The molecule has 1 aromatic carbocycles. The molecule has 0 aliphatic rings. The lowest BCUT2D eigenvalue weighted by Gasteiger charge is -2.09. The minimum absolute atomic E-state index is 0.213. The molecule has 94 valence electrons. The highest BCUT2D eigenvalue weighted by atomic mass is 16.4. The van der Waals surface area contributed by atoms with Crippen molar-refractivity contribution in [1.82, 2.24) is 0 Å². The number of anilines is 2. The van der Waals surface area contributed by atoms with E-state index in [0.29, 0.717) is 24.3 Å². The van der Waals surface area contributed by atoms with Crippen molar-refractivity contribution in [2.24, 2.45) is 0 Å². The van der Waals surface area contributed by atoms with Gasteiger partial charge >= 0.3 is 5.97 Å². The van der Waals surface area contributed by atoms with E-state index < -0.39 is 5.97 Å². The Labute approximate surface area is 104 Å². The first-order valence-corrected chi connectivity index (χ1v) is 5.56. The Morgan fingerprint density at radius 3 is 2.89 bits per heavy atom. The van der Waals surface area contributed by atoms with Crippen LogP contribution < -0.4 is 11.1 Å². The summed E-state index contributed by atoms with van der Waals surface area (Å²) in [6.07, 6.45) is 2.33. The highest BCUT2D eigenvalue weighted by Gasteiger charge is 2.06.